The average Bonchev–Trinajstić information content (AvgIpc) is 2.82. The van der Waals surface area contributed by atoms with Crippen LogP contribution in [0.5, 0.6) is 0 Å². The SMILES string of the molecule is CC(C)N1C(=O)C(Cc2c(F)cc(C#Cc3ccccc3)cc2F)C(=O)C1(C)C. The monoisotopic (exact) mass is 395 g/mol. The molecule has 3 nitrogen and oxygen atoms in total. The van der Waals surface area contributed by atoms with Gasteiger partial charge in [0, 0.05) is 22.7 Å². The molecule has 1 atom stereocenters. The predicted octanol–water partition coefficient (Wildman–Crippen LogP) is 4.12. The second-order valence-corrected chi connectivity index (χ2v) is 8.02. The fourth-order valence-electron chi connectivity index (χ4n) is 3.92. The van der Waals surface area contributed by atoms with E-state index in [1.165, 1.54) is 4.90 Å². The summed E-state index contributed by atoms with van der Waals surface area (Å²) in [6, 6.07) is 11.2. The molecule has 1 unspecified atom stereocenters. The van der Waals surface area contributed by atoms with E-state index in [0.29, 0.717) is 0 Å². The molecule has 0 radical (unpaired) electrons. The number of likely N-dealkylation sites (tertiary alicyclic amines) is 1. The van der Waals surface area contributed by atoms with Gasteiger partial charge in [-0.25, -0.2) is 8.78 Å². The van der Waals surface area contributed by atoms with Crippen molar-refractivity contribution in [1.29, 1.82) is 0 Å². The predicted molar refractivity (Wildman–Crippen MR) is 107 cm³/mol. The van der Waals surface area contributed by atoms with Crippen LogP contribution in [0.2, 0.25) is 0 Å². The molecular weight excluding hydrogens is 372 g/mol. The summed E-state index contributed by atoms with van der Waals surface area (Å²) in [5.41, 5.74) is -0.330. The van der Waals surface area contributed by atoms with Gasteiger partial charge in [-0.3, -0.25) is 9.59 Å². The van der Waals surface area contributed by atoms with Crippen molar-refractivity contribution in [3.63, 3.8) is 0 Å². The molecule has 0 saturated carbocycles. The van der Waals surface area contributed by atoms with Gasteiger partial charge in [0.1, 0.15) is 17.6 Å². The largest absolute Gasteiger partial charge is 0.327 e. The number of ketones is 1. The summed E-state index contributed by atoms with van der Waals surface area (Å²) in [6.07, 6.45) is -0.297. The molecule has 1 fully saturated rings. The third kappa shape index (κ3) is 3.93. The van der Waals surface area contributed by atoms with Crippen LogP contribution in [0.4, 0.5) is 8.78 Å². The first kappa shape index (κ1) is 20.7. The zero-order chi connectivity index (χ0) is 21.3. The maximum Gasteiger partial charge on any atom is 0.234 e. The number of carbonyl (C=O) groups excluding carboxylic acids is 2. The zero-order valence-corrected chi connectivity index (χ0v) is 16.9. The lowest BCUT2D eigenvalue weighted by molar-refractivity contribution is -0.135. The van der Waals surface area contributed by atoms with E-state index in [4.69, 9.17) is 0 Å². The molecule has 1 heterocycles. The van der Waals surface area contributed by atoms with E-state index in [1.807, 2.05) is 32.0 Å². The number of Topliss-reactive ketones (excluding diaryl/α,β-unsaturated/α-hetero) is 1. The van der Waals surface area contributed by atoms with Crippen molar-refractivity contribution in [3.8, 4) is 11.8 Å². The van der Waals surface area contributed by atoms with Gasteiger partial charge in [-0.1, -0.05) is 30.0 Å². The Bertz CT molecular complexity index is 993. The van der Waals surface area contributed by atoms with Crippen LogP contribution in [-0.4, -0.2) is 28.2 Å². The summed E-state index contributed by atoms with van der Waals surface area (Å²) in [5, 5.41) is 0. The molecule has 0 N–H and O–H groups in total. The van der Waals surface area contributed by atoms with Crippen LogP contribution in [-0.2, 0) is 16.0 Å². The Morgan fingerprint density at radius 2 is 1.55 bits per heavy atom. The van der Waals surface area contributed by atoms with Crippen LogP contribution in [0, 0.1) is 29.4 Å². The minimum atomic E-state index is -1.09. The van der Waals surface area contributed by atoms with Crippen molar-refractivity contribution in [2.45, 2.75) is 45.7 Å². The van der Waals surface area contributed by atoms with E-state index in [2.05, 4.69) is 11.8 Å². The van der Waals surface area contributed by atoms with Crippen LogP contribution in [0.1, 0.15) is 44.4 Å². The Hall–Kier alpha value is -3.00. The minimum absolute atomic E-state index is 0.184. The third-order valence-electron chi connectivity index (χ3n) is 5.25. The zero-order valence-electron chi connectivity index (χ0n) is 16.9. The highest BCUT2D eigenvalue weighted by atomic mass is 19.1. The Morgan fingerprint density at radius 3 is 2.07 bits per heavy atom. The van der Waals surface area contributed by atoms with Gasteiger partial charge < -0.3 is 4.90 Å². The number of hydrogen-bond donors (Lipinski definition) is 0. The number of halogens is 2. The first-order valence-corrected chi connectivity index (χ1v) is 9.55. The molecule has 0 aromatic heterocycles. The maximum absolute atomic E-state index is 14.6. The van der Waals surface area contributed by atoms with Crippen LogP contribution in [0.15, 0.2) is 42.5 Å². The highest BCUT2D eigenvalue weighted by Crippen LogP contribution is 2.35. The Kier molecular flexibility index (Phi) is 5.57. The average molecular weight is 395 g/mol. The Morgan fingerprint density at radius 1 is 1.00 bits per heavy atom. The van der Waals surface area contributed by atoms with Crippen molar-refractivity contribution >= 4 is 11.7 Å². The number of rotatable bonds is 3. The molecule has 29 heavy (non-hydrogen) atoms. The quantitative estimate of drug-likeness (QED) is 0.579. The third-order valence-corrected chi connectivity index (χ3v) is 5.25. The van der Waals surface area contributed by atoms with Crippen molar-refractivity contribution in [1.82, 2.24) is 4.90 Å². The Balaban J connectivity index is 1.88. The molecule has 3 rings (SSSR count). The highest BCUT2D eigenvalue weighted by Gasteiger charge is 2.53. The summed E-state index contributed by atoms with van der Waals surface area (Å²) in [5.74, 6) is 2.20. The molecule has 1 aliphatic rings. The second kappa shape index (κ2) is 7.79. The molecule has 1 aliphatic heterocycles. The lowest BCUT2D eigenvalue weighted by Gasteiger charge is -2.33. The van der Waals surface area contributed by atoms with E-state index in [1.54, 1.807) is 26.0 Å². The standard InChI is InChI=1S/C24H23F2NO2/c1-15(2)27-23(29)19(22(28)24(27,3)4)14-18-20(25)12-17(13-21(18)26)11-10-16-8-6-5-7-9-16/h5-9,12-13,15,19H,14H2,1-4H3. The van der Waals surface area contributed by atoms with Gasteiger partial charge in [-0.05, 0) is 58.4 Å². The lowest BCUT2D eigenvalue weighted by atomic mass is 9.89. The molecule has 0 spiro atoms. The van der Waals surface area contributed by atoms with E-state index < -0.39 is 23.1 Å². The molecule has 2 aromatic rings. The summed E-state index contributed by atoms with van der Waals surface area (Å²) in [4.78, 5) is 27.0. The minimum Gasteiger partial charge on any atom is -0.327 e. The topological polar surface area (TPSA) is 37.4 Å². The summed E-state index contributed by atoms with van der Waals surface area (Å²) in [7, 11) is 0. The molecule has 5 heteroatoms. The highest BCUT2D eigenvalue weighted by molar-refractivity contribution is 6.12. The fraction of sp³-hybridized carbons (Fsp3) is 0.333. The van der Waals surface area contributed by atoms with Gasteiger partial charge in [0.2, 0.25) is 5.91 Å². The van der Waals surface area contributed by atoms with Crippen LogP contribution in [0.25, 0.3) is 0 Å². The number of nitrogens with zero attached hydrogens (tertiary/aromatic N) is 1. The first-order valence-electron chi connectivity index (χ1n) is 9.55. The number of benzene rings is 2. The van der Waals surface area contributed by atoms with Gasteiger partial charge in [-0.2, -0.15) is 0 Å². The Labute approximate surface area is 169 Å². The van der Waals surface area contributed by atoms with Crippen molar-refractivity contribution < 1.29 is 18.4 Å². The normalized spacial score (nSPS) is 18.2. The summed E-state index contributed by atoms with van der Waals surface area (Å²) < 4.78 is 29.3. The number of hydrogen-bond acceptors (Lipinski definition) is 2. The van der Waals surface area contributed by atoms with E-state index >= 15 is 0 Å². The number of carbonyl (C=O) groups is 2. The number of amides is 1. The van der Waals surface area contributed by atoms with E-state index in [-0.39, 0.29) is 35.3 Å². The molecule has 0 bridgehead atoms. The molecular formula is C24H23F2NO2. The maximum atomic E-state index is 14.6. The van der Waals surface area contributed by atoms with E-state index in [0.717, 1.165) is 17.7 Å². The van der Waals surface area contributed by atoms with Gasteiger partial charge in [0.25, 0.3) is 0 Å². The van der Waals surface area contributed by atoms with Crippen LogP contribution >= 0.6 is 0 Å². The van der Waals surface area contributed by atoms with Crippen molar-refractivity contribution in [2.24, 2.45) is 5.92 Å². The second-order valence-electron chi connectivity index (χ2n) is 8.02. The summed E-state index contributed by atoms with van der Waals surface area (Å²) >= 11 is 0. The van der Waals surface area contributed by atoms with Gasteiger partial charge >= 0.3 is 0 Å². The van der Waals surface area contributed by atoms with E-state index in [9.17, 15) is 18.4 Å². The molecule has 150 valence electrons. The summed E-state index contributed by atoms with van der Waals surface area (Å²) in [6.45, 7) is 6.97. The lowest BCUT2D eigenvalue weighted by Crippen LogP contribution is -2.48. The van der Waals surface area contributed by atoms with Gasteiger partial charge in [0.05, 0.1) is 5.54 Å². The molecule has 2 aromatic carbocycles. The first-order chi connectivity index (χ1) is 13.6. The van der Waals surface area contributed by atoms with Crippen molar-refractivity contribution in [2.75, 3.05) is 0 Å². The molecule has 1 amide bonds. The molecule has 1 saturated heterocycles. The molecule has 0 aliphatic carbocycles. The van der Waals surface area contributed by atoms with Crippen LogP contribution in [0.3, 0.4) is 0 Å². The fourth-order valence-corrected chi connectivity index (χ4v) is 3.92. The van der Waals surface area contributed by atoms with Crippen molar-refractivity contribution in [3.05, 3.63) is 70.8 Å². The van der Waals surface area contributed by atoms with Crippen LogP contribution < -0.4 is 0 Å². The van der Waals surface area contributed by atoms with Gasteiger partial charge in [-0.15, -0.1) is 0 Å². The van der Waals surface area contributed by atoms with Gasteiger partial charge in [0.15, 0.2) is 5.78 Å². The smallest absolute Gasteiger partial charge is 0.234 e.